The molecule has 1 aromatic heterocycles. The molecule has 192 valence electrons. The number of aromatic nitrogens is 2. The van der Waals surface area contributed by atoms with Gasteiger partial charge in [-0.3, -0.25) is 0 Å². The topological polar surface area (TPSA) is 125 Å². The summed E-state index contributed by atoms with van der Waals surface area (Å²) in [6.07, 6.45) is -4.49. The molecule has 1 heterocycles. The normalized spacial score (nSPS) is 10.8. The Morgan fingerprint density at radius 1 is 0.868 bits per heavy atom. The summed E-state index contributed by atoms with van der Waals surface area (Å²) in [6.45, 7) is -1.33. The van der Waals surface area contributed by atoms with Crippen LogP contribution in [-0.4, -0.2) is 36.9 Å². The van der Waals surface area contributed by atoms with E-state index in [0.717, 1.165) is 0 Å². The van der Waals surface area contributed by atoms with Crippen LogP contribution in [0.25, 0.3) is 10.8 Å². The Bertz CT molecular complexity index is 1560. The molecule has 0 aliphatic rings. The van der Waals surface area contributed by atoms with Crippen molar-refractivity contribution in [3.8, 4) is 35.3 Å². The van der Waals surface area contributed by atoms with Gasteiger partial charge in [0.15, 0.2) is 11.5 Å². The summed E-state index contributed by atoms with van der Waals surface area (Å²) in [5, 5.41) is 24.6. The largest absolute Gasteiger partial charge is 0.493 e. The molecule has 4 rings (SSSR count). The molecule has 38 heavy (non-hydrogen) atoms. The van der Waals surface area contributed by atoms with E-state index in [2.05, 4.69) is 26.7 Å². The second-order valence-electron chi connectivity index (χ2n) is 7.79. The summed E-state index contributed by atoms with van der Waals surface area (Å²) in [7, 11) is 2.84. The summed E-state index contributed by atoms with van der Waals surface area (Å²) < 4.78 is 55.7. The van der Waals surface area contributed by atoms with Crippen LogP contribution in [0, 0.1) is 22.7 Å². The van der Waals surface area contributed by atoms with Crippen LogP contribution < -0.4 is 24.8 Å². The summed E-state index contributed by atoms with van der Waals surface area (Å²) in [4.78, 5) is 8.38. The third-order valence-corrected chi connectivity index (χ3v) is 5.22. The smallest absolute Gasteiger partial charge is 0.405 e. The van der Waals surface area contributed by atoms with Crippen LogP contribution in [0.5, 0.6) is 23.1 Å². The van der Waals surface area contributed by atoms with Gasteiger partial charge in [-0.05, 0) is 53.9 Å². The number of nitriles is 2. The van der Waals surface area contributed by atoms with Gasteiger partial charge in [0, 0.05) is 17.1 Å². The van der Waals surface area contributed by atoms with Gasteiger partial charge in [-0.15, -0.1) is 0 Å². The Balaban J connectivity index is 1.77. The van der Waals surface area contributed by atoms with E-state index < -0.39 is 12.7 Å². The lowest BCUT2D eigenvalue weighted by Gasteiger charge is -2.17. The second kappa shape index (κ2) is 10.8. The van der Waals surface area contributed by atoms with Crippen LogP contribution in [0.15, 0.2) is 54.6 Å². The number of nitrogens with one attached hydrogen (secondary N) is 2. The van der Waals surface area contributed by atoms with Crippen LogP contribution in [0.1, 0.15) is 11.1 Å². The lowest BCUT2D eigenvalue weighted by Crippen LogP contribution is -2.22. The highest BCUT2D eigenvalue weighted by Gasteiger charge is 2.27. The molecule has 4 aromatic rings. The maximum atomic E-state index is 12.9. The number of hydrogen-bond donors (Lipinski definition) is 2. The Kier molecular flexibility index (Phi) is 7.35. The zero-order valence-corrected chi connectivity index (χ0v) is 20.1. The van der Waals surface area contributed by atoms with Crippen molar-refractivity contribution >= 4 is 28.2 Å². The average Bonchev–Trinajstić information content (AvgIpc) is 2.91. The van der Waals surface area contributed by atoms with E-state index in [0.29, 0.717) is 27.6 Å². The molecule has 0 aliphatic carbocycles. The van der Waals surface area contributed by atoms with Crippen LogP contribution in [0.4, 0.5) is 30.6 Å². The van der Waals surface area contributed by atoms with Crippen molar-refractivity contribution in [1.29, 1.82) is 10.5 Å². The molecule has 0 amide bonds. The molecule has 0 unspecified atom stereocenters. The first-order chi connectivity index (χ1) is 18.2. The van der Waals surface area contributed by atoms with Crippen molar-refractivity contribution in [3.05, 3.63) is 65.7 Å². The molecule has 0 saturated heterocycles. The van der Waals surface area contributed by atoms with E-state index in [1.54, 1.807) is 48.5 Å². The predicted octanol–water partition coefficient (Wildman–Crippen LogP) is 5.90. The van der Waals surface area contributed by atoms with E-state index in [1.165, 1.54) is 20.3 Å². The number of hydrogen-bond acceptors (Lipinski definition) is 9. The van der Waals surface area contributed by atoms with Crippen LogP contribution in [0.3, 0.4) is 0 Å². The van der Waals surface area contributed by atoms with Gasteiger partial charge in [0.05, 0.1) is 37.5 Å². The summed E-state index contributed by atoms with van der Waals surface area (Å²) in [6, 6.07) is 18.2. The maximum absolute atomic E-state index is 12.9. The van der Waals surface area contributed by atoms with Crippen molar-refractivity contribution in [2.45, 2.75) is 6.18 Å². The van der Waals surface area contributed by atoms with Gasteiger partial charge in [0.25, 0.3) is 0 Å². The number of ether oxygens (including phenoxy) is 3. The predicted molar refractivity (Wildman–Crippen MR) is 133 cm³/mol. The molecule has 12 heteroatoms. The third-order valence-electron chi connectivity index (χ3n) is 5.22. The zero-order chi connectivity index (χ0) is 27.3. The first kappa shape index (κ1) is 25.9. The molecular weight excluding hydrogens is 501 g/mol. The van der Waals surface area contributed by atoms with Gasteiger partial charge in [0.2, 0.25) is 17.6 Å². The van der Waals surface area contributed by atoms with Gasteiger partial charge in [-0.2, -0.15) is 33.7 Å². The monoisotopic (exact) mass is 520 g/mol. The van der Waals surface area contributed by atoms with Crippen LogP contribution in [0.2, 0.25) is 0 Å². The minimum Gasteiger partial charge on any atom is -0.493 e. The van der Waals surface area contributed by atoms with Crippen molar-refractivity contribution in [2.75, 3.05) is 31.4 Å². The molecule has 0 radical (unpaired) electrons. The number of fused-ring (bicyclic) bond motifs is 1. The molecule has 0 bridgehead atoms. The highest BCUT2D eigenvalue weighted by Crippen LogP contribution is 2.45. The van der Waals surface area contributed by atoms with Gasteiger partial charge in [0.1, 0.15) is 12.4 Å². The molecule has 9 nitrogen and oxygen atoms in total. The second-order valence-corrected chi connectivity index (χ2v) is 7.79. The minimum absolute atomic E-state index is 0.0609. The van der Waals surface area contributed by atoms with Crippen molar-refractivity contribution < 1.29 is 27.4 Å². The Labute approximate surface area is 215 Å². The number of halogens is 3. The zero-order valence-electron chi connectivity index (χ0n) is 20.1. The molecule has 0 aliphatic heterocycles. The SMILES string of the molecule is COc1cc2cc(C#N)ccc2c(OC)c1Oc1cc(NCC(F)(F)F)nc(Nc2ccc(C#N)cc2)n1. The van der Waals surface area contributed by atoms with E-state index >= 15 is 0 Å². The molecular formula is C26H19F3N6O3. The number of rotatable bonds is 8. The minimum atomic E-state index is -4.49. The number of alkyl halides is 3. The van der Waals surface area contributed by atoms with Gasteiger partial charge >= 0.3 is 6.18 Å². The van der Waals surface area contributed by atoms with E-state index in [-0.39, 0.29) is 34.9 Å². The average molecular weight is 520 g/mol. The standard InChI is InChI=1S/C26H19F3N6O3/c1-36-20-10-17-9-16(13-31)5-8-19(17)23(37-2)24(20)38-22-11-21(32-14-26(27,28)29)34-25(35-22)33-18-6-3-15(12-30)4-7-18/h3-11H,14H2,1-2H3,(H2,32,33,34,35). The Hall–Kier alpha value is -5.23. The number of anilines is 3. The lowest BCUT2D eigenvalue weighted by molar-refractivity contribution is -0.115. The van der Waals surface area contributed by atoms with Crippen molar-refractivity contribution in [3.63, 3.8) is 0 Å². The first-order valence-electron chi connectivity index (χ1n) is 11.0. The maximum Gasteiger partial charge on any atom is 0.405 e. The van der Waals surface area contributed by atoms with Crippen LogP contribution in [-0.2, 0) is 0 Å². The van der Waals surface area contributed by atoms with Crippen molar-refractivity contribution in [1.82, 2.24) is 9.97 Å². The molecule has 2 N–H and O–H groups in total. The fourth-order valence-corrected chi connectivity index (χ4v) is 3.53. The Morgan fingerprint density at radius 3 is 2.21 bits per heavy atom. The van der Waals surface area contributed by atoms with Crippen LogP contribution >= 0.6 is 0 Å². The number of nitrogens with zero attached hydrogens (tertiary/aromatic N) is 4. The van der Waals surface area contributed by atoms with E-state index in [1.807, 2.05) is 6.07 Å². The van der Waals surface area contributed by atoms with Gasteiger partial charge < -0.3 is 24.8 Å². The number of benzene rings is 3. The quantitative estimate of drug-likeness (QED) is 0.292. The Morgan fingerprint density at radius 2 is 1.58 bits per heavy atom. The highest BCUT2D eigenvalue weighted by molar-refractivity contribution is 5.94. The van der Waals surface area contributed by atoms with E-state index in [9.17, 15) is 18.4 Å². The third kappa shape index (κ3) is 5.94. The molecule has 3 aromatic carbocycles. The molecule has 0 saturated carbocycles. The highest BCUT2D eigenvalue weighted by atomic mass is 19.4. The molecule has 0 fully saturated rings. The first-order valence-corrected chi connectivity index (χ1v) is 11.0. The summed E-state index contributed by atoms with van der Waals surface area (Å²) >= 11 is 0. The van der Waals surface area contributed by atoms with Gasteiger partial charge in [-0.25, -0.2) is 0 Å². The molecule has 0 spiro atoms. The van der Waals surface area contributed by atoms with E-state index in [4.69, 9.17) is 19.5 Å². The molecule has 0 atom stereocenters. The fourth-order valence-electron chi connectivity index (χ4n) is 3.53. The fraction of sp³-hybridized carbons (Fsp3) is 0.154. The van der Waals surface area contributed by atoms with Crippen molar-refractivity contribution in [2.24, 2.45) is 0 Å². The van der Waals surface area contributed by atoms with Gasteiger partial charge in [-0.1, -0.05) is 0 Å². The summed E-state index contributed by atoms with van der Waals surface area (Å²) in [5.41, 5.74) is 1.36. The lowest BCUT2D eigenvalue weighted by atomic mass is 10.1. The summed E-state index contributed by atoms with van der Waals surface area (Å²) in [5.74, 6) is 0.320. The number of methoxy groups -OCH3 is 2.